The molecule has 0 bridgehead atoms. The van der Waals surface area contributed by atoms with E-state index in [0.717, 1.165) is 13.1 Å². The van der Waals surface area contributed by atoms with E-state index in [2.05, 4.69) is 11.0 Å². The number of primary sulfonamides is 1. The van der Waals surface area contributed by atoms with Crippen LogP contribution in [0, 0.1) is 0 Å². The number of aliphatic hydroxyl groups is 1. The molecule has 1 aromatic rings. The molecular weight excluding hydrogens is 350 g/mol. The number of nitrogens with two attached hydrogens (primary N) is 1. The summed E-state index contributed by atoms with van der Waals surface area (Å²) in [6, 6.07) is 4.23. The van der Waals surface area contributed by atoms with Gasteiger partial charge in [0.15, 0.2) is 0 Å². The number of carbonyl (C=O) groups excluding carboxylic acids is 1. The zero-order chi connectivity index (χ0) is 17.6. The second kappa shape index (κ2) is 8.91. The Hall–Kier alpha value is -1.00. The van der Waals surface area contributed by atoms with Gasteiger partial charge in [0, 0.05) is 50.1 Å². The van der Waals surface area contributed by atoms with Crippen LogP contribution < -0.4 is 5.14 Å². The van der Waals surface area contributed by atoms with E-state index in [0.29, 0.717) is 19.5 Å². The van der Waals surface area contributed by atoms with Crippen LogP contribution in [0.15, 0.2) is 17.5 Å². The molecule has 1 amide bonds. The first kappa shape index (κ1) is 19.3. The molecule has 1 aliphatic rings. The van der Waals surface area contributed by atoms with Crippen LogP contribution in [0.4, 0.5) is 0 Å². The number of aliphatic hydroxyl groups excluding tert-OH is 1. The average Bonchev–Trinajstić information content (AvgIpc) is 3.01. The van der Waals surface area contributed by atoms with Gasteiger partial charge in [-0.2, -0.15) is 0 Å². The molecule has 1 aromatic heterocycles. The van der Waals surface area contributed by atoms with Gasteiger partial charge in [0.2, 0.25) is 15.9 Å². The first-order chi connectivity index (χ1) is 11.4. The van der Waals surface area contributed by atoms with Crippen LogP contribution in [0.3, 0.4) is 0 Å². The van der Waals surface area contributed by atoms with Crippen LogP contribution in [0.1, 0.15) is 24.1 Å². The van der Waals surface area contributed by atoms with Gasteiger partial charge in [-0.15, -0.1) is 11.3 Å². The molecule has 2 rings (SSSR count). The molecule has 2 heterocycles. The number of nitrogens with zero attached hydrogens (tertiary/aromatic N) is 2. The molecule has 7 nitrogen and oxygen atoms in total. The topological polar surface area (TPSA) is 104 Å². The maximum absolute atomic E-state index is 12.3. The molecule has 1 fully saturated rings. The number of rotatable bonds is 8. The molecular formula is C15H25N3O4S2. The van der Waals surface area contributed by atoms with Gasteiger partial charge in [-0.1, -0.05) is 6.07 Å². The molecule has 1 aliphatic heterocycles. The second-order valence-corrected chi connectivity index (χ2v) is 8.79. The molecule has 136 valence electrons. The summed E-state index contributed by atoms with van der Waals surface area (Å²) >= 11 is 1.70. The summed E-state index contributed by atoms with van der Waals surface area (Å²) in [6.45, 7) is 2.86. The quantitative estimate of drug-likeness (QED) is 0.676. The van der Waals surface area contributed by atoms with E-state index in [1.54, 1.807) is 16.2 Å². The number of thiophene rings is 1. The molecule has 24 heavy (non-hydrogen) atoms. The van der Waals surface area contributed by atoms with Crippen molar-refractivity contribution in [2.75, 3.05) is 32.0 Å². The molecule has 1 atom stereocenters. The normalized spacial score (nSPS) is 19.6. The minimum absolute atomic E-state index is 0.0441. The Bertz CT molecular complexity index is 619. The summed E-state index contributed by atoms with van der Waals surface area (Å²) in [7, 11) is -3.52. The first-order valence-corrected chi connectivity index (χ1v) is 10.6. The third kappa shape index (κ3) is 6.14. The predicted octanol–water partition coefficient (Wildman–Crippen LogP) is 0.212. The number of hydrogen-bond donors (Lipinski definition) is 2. The third-order valence-corrected chi connectivity index (χ3v) is 5.90. The molecule has 3 N–H and O–H groups in total. The van der Waals surface area contributed by atoms with Crippen LogP contribution in [0.25, 0.3) is 0 Å². The molecule has 0 saturated carbocycles. The Labute approximate surface area is 147 Å². The Balaban J connectivity index is 1.87. The number of amides is 1. The van der Waals surface area contributed by atoms with Crippen molar-refractivity contribution in [3.05, 3.63) is 22.4 Å². The number of hydrogen-bond acceptors (Lipinski definition) is 6. The van der Waals surface area contributed by atoms with Gasteiger partial charge < -0.3 is 10.0 Å². The Morgan fingerprint density at radius 3 is 2.83 bits per heavy atom. The lowest BCUT2D eigenvalue weighted by Crippen LogP contribution is -2.54. The third-order valence-electron chi connectivity index (χ3n) is 4.18. The van der Waals surface area contributed by atoms with E-state index in [1.165, 1.54) is 4.88 Å². The van der Waals surface area contributed by atoms with Crippen molar-refractivity contribution < 1.29 is 18.3 Å². The lowest BCUT2D eigenvalue weighted by atomic mass is 10.1. The van der Waals surface area contributed by atoms with Crippen LogP contribution in [-0.4, -0.2) is 67.3 Å². The summed E-state index contributed by atoms with van der Waals surface area (Å²) in [5.41, 5.74) is 0. The fourth-order valence-electron chi connectivity index (χ4n) is 2.94. The van der Waals surface area contributed by atoms with Crippen molar-refractivity contribution in [1.29, 1.82) is 0 Å². The van der Waals surface area contributed by atoms with E-state index < -0.39 is 10.0 Å². The molecule has 0 aromatic carbocycles. The van der Waals surface area contributed by atoms with Gasteiger partial charge in [-0.25, -0.2) is 13.6 Å². The highest BCUT2D eigenvalue weighted by Gasteiger charge is 2.29. The Kier molecular flexibility index (Phi) is 7.17. The van der Waals surface area contributed by atoms with Gasteiger partial charge in [0.05, 0.1) is 5.75 Å². The van der Waals surface area contributed by atoms with Crippen molar-refractivity contribution in [2.45, 2.75) is 31.8 Å². The van der Waals surface area contributed by atoms with Crippen molar-refractivity contribution in [1.82, 2.24) is 9.80 Å². The summed E-state index contributed by atoms with van der Waals surface area (Å²) in [4.78, 5) is 17.6. The highest BCUT2D eigenvalue weighted by molar-refractivity contribution is 7.89. The minimum Gasteiger partial charge on any atom is -0.396 e. The van der Waals surface area contributed by atoms with Gasteiger partial charge >= 0.3 is 0 Å². The van der Waals surface area contributed by atoms with Crippen molar-refractivity contribution in [3.63, 3.8) is 0 Å². The maximum Gasteiger partial charge on any atom is 0.222 e. The monoisotopic (exact) mass is 375 g/mol. The first-order valence-electron chi connectivity index (χ1n) is 8.04. The SMILES string of the molecule is NS(=O)(=O)CCCC(=O)N1CCN(Cc2cccs2)[C@@H](CCO)C1. The van der Waals surface area contributed by atoms with E-state index in [1.807, 2.05) is 11.4 Å². The lowest BCUT2D eigenvalue weighted by molar-refractivity contribution is -0.134. The molecule has 9 heteroatoms. The fraction of sp³-hybridized carbons (Fsp3) is 0.667. The van der Waals surface area contributed by atoms with Gasteiger partial charge in [0.25, 0.3) is 0 Å². The standard InChI is InChI=1S/C15H25N3O4S2/c16-24(21,22)10-2-4-15(20)18-7-6-17(13(11-18)5-8-19)12-14-3-1-9-23-14/h1,3,9,13,19H,2,4-8,10-12H2,(H2,16,21,22)/t13-/m0/s1. The van der Waals surface area contributed by atoms with E-state index in [9.17, 15) is 18.3 Å². The Morgan fingerprint density at radius 1 is 1.42 bits per heavy atom. The van der Waals surface area contributed by atoms with Crippen LogP contribution in [0.2, 0.25) is 0 Å². The van der Waals surface area contributed by atoms with Crippen LogP contribution in [-0.2, 0) is 21.4 Å². The number of sulfonamides is 1. The van der Waals surface area contributed by atoms with E-state index in [-0.39, 0.29) is 37.2 Å². The van der Waals surface area contributed by atoms with E-state index in [4.69, 9.17) is 5.14 Å². The van der Waals surface area contributed by atoms with Crippen molar-refractivity contribution in [2.24, 2.45) is 5.14 Å². The number of piperazine rings is 1. The van der Waals surface area contributed by atoms with Gasteiger partial charge in [-0.3, -0.25) is 9.69 Å². The van der Waals surface area contributed by atoms with E-state index >= 15 is 0 Å². The molecule has 0 radical (unpaired) electrons. The molecule has 1 saturated heterocycles. The van der Waals surface area contributed by atoms with Crippen molar-refractivity contribution >= 4 is 27.3 Å². The summed E-state index contributed by atoms with van der Waals surface area (Å²) in [5, 5.41) is 16.3. The van der Waals surface area contributed by atoms with Crippen LogP contribution in [0.5, 0.6) is 0 Å². The lowest BCUT2D eigenvalue weighted by Gasteiger charge is -2.41. The smallest absolute Gasteiger partial charge is 0.222 e. The second-order valence-electron chi connectivity index (χ2n) is 6.03. The van der Waals surface area contributed by atoms with Crippen LogP contribution >= 0.6 is 11.3 Å². The predicted molar refractivity (Wildman–Crippen MR) is 94.0 cm³/mol. The summed E-state index contributed by atoms with van der Waals surface area (Å²) < 4.78 is 21.9. The average molecular weight is 376 g/mol. The fourth-order valence-corrected chi connectivity index (χ4v) is 4.21. The summed E-state index contributed by atoms with van der Waals surface area (Å²) in [6.07, 6.45) is 1.05. The van der Waals surface area contributed by atoms with Gasteiger partial charge in [-0.05, 0) is 24.3 Å². The maximum atomic E-state index is 12.3. The summed E-state index contributed by atoms with van der Waals surface area (Å²) in [5.74, 6) is -0.214. The minimum atomic E-state index is -3.52. The molecule has 0 spiro atoms. The number of carbonyl (C=O) groups is 1. The highest BCUT2D eigenvalue weighted by Crippen LogP contribution is 2.19. The zero-order valence-electron chi connectivity index (χ0n) is 13.6. The highest BCUT2D eigenvalue weighted by atomic mass is 32.2. The zero-order valence-corrected chi connectivity index (χ0v) is 15.3. The van der Waals surface area contributed by atoms with Crippen molar-refractivity contribution in [3.8, 4) is 0 Å². The Morgan fingerprint density at radius 2 is 2.21 bits per heavy atom. The molecule has 0 unspecified atom stereocenters. The molecule has 0 aliphatic carbocycles. The van der Waals surface area contributed by atoms with Gasteiger partial charge in [0.1, 0.15) is 0 Å². The largest absolute Gasteiger partial charge is 0.396 e.